The number of hydrogen-bond acceptors (Lipinski definition) is 3. The number of urea groups is 1. The van der Waals surface area contributed by atoms with Crippen molar-refractivity contribution in [2.45, 2.75) is 0 Å². The lowest BCUT2D eigenvalue weighted by molar-refractivity contribution is 0.248. The molecule has 1 aromatic carbocycles. The maximum Gasteiger partial charge on any atom is 0.337 e. The van der Waals surface area contributed by atoms with Crippen molar-refractivity contribution in [3.63, 3.8) is 0 Å². The Morgan fingerprint density at radius 3 is 2.65 bits per heavy atom. The molecule has 88 valence electrons. The first-order valence-electron chi connectivity index (χ1n) is 4.72. The number of carbonyl (C=O) groups is 1. The maximum atomic E-state index is 13.6. The van der Waals surface area contributed by atoms with Gasteiger partial charge in [0.1, 0.15) is 23.4 Å². The molecule has 0 atom stereocenters. The first-order valence-corrected chi connectivity index (χ1v) is 4.72. The van der Waals surface area contributed by atoms with Crippen LogP contribution in [0.15, 0.2) is 12.1 Å². The largest absolute Gasteiger partial charge is 0.337 e. The van der Waals surface area contributed by atoms with Gasteiger partial charge in [0.25, 0.3) is 0 Å². The van der Waals surface area contributed by atoms with Crippen LogP contribution in [0.3, 0.4) is 0 Å². The fraction of sp³-hybridized carbons (Fsp3) is 0.200. The van der Waals surface area contributed by atoms with E-state index in [9.17, 15) is 13.6 Å². The van der Waals surface area contributed by atoms with Gasteiger partial charge in [-0.15, -0.1) is 0 Å². The van der Waals surface area contributed by atoms with Crippen LogP contribution in [-0.2, 0) is 0 Å². The van der Waals surface area contributed by atoms with E-state index < -0.39 is 23.2 Å². The number of rotatable bonds is 1. The van der Waals surface area contributed by atoms with Crippen LogP contribution in [0.25, 0.3) is 0 Å². The monoisotopic (exact) mass is 238 g/mol. The summed E-state index contributed by atoms with van der Waals surface area (Å²) in [5, 5.41) is 13.4. The van der Waals surface area contributed by atoms with E-state index in [1.807, 2.05) is 0 Å². The van der Waals surface area contributed by atoms with Crippen molar-refractivity contribution in [3.8, 4) is 6.07 Å². The van der Waals surface area contributed by atoms with Crippen molar-refractivity contribution in [3.05, 3.63) is 29.3 Å². The molecule has 7 heteroatoms. The molecule has 1 heterocycles. The summed E-state index contributed by atoms with van der Waals surface area (Å²) in [6, 6.07) is 2.58. The van der Waals surface area contributed by atoms with Crippen molar-refractivity contribution in [1.82, 2.24) is 10.3 Å². The molecule has 5 nitrogen and oxygen atoms in total. The van der Waals surface area contributed by atoms with Crippen LogP contribution in [0.2, 0.25) is 0 Å². The third-order valence-electron chi connectivity index (χ3n) is 2.38. The van der Waals surface area contributed by atoms with Crippen molar-refractivity contribution in [2.24, 2.45) is 0 Å². The number of carbonyl (C=O) groups excluding carboxylic acids is 1. The molecule has 2 rings (SSSR count). The number of hydrazine groups is 1. The minimum atomic E-state index is -0.864. The van der Waals surface area contributed by atoms with Gasteiger partial charge in [0.2, 0.25) is 0 Å². The second kappa shape index (κ2) is 3.99. The number of nitrogens with one attached hydrogen (secondary N) is 1. The molecule has 1 aliphatic rings. The Hall–Kier alpha value is -2.20. The topological polar surface area (TPSA) is 59.4 Å². The highest BCUT2D eigenvalue weighted by Gasteiger charge is 2.30. The minimum Gasteiger partial charge on any atom is -0.322 e. The first kappa shape index (κ1) is 11.3. The zero-order chi connectivity index (χ0) is 12.6. The van der Waals surface area contributed by atoms with Crippen LogP contribution in [0.1, 0.15) is 5.56 Å². The first-order chi connectivity index (χ1) is 8.04. The molecular formula is C10H8F2N4O. The Labute approximate surface area is 95.8 Å². The highest BCUT2D eigenvalue weighted by atomic mass is 19.1. The lowest BCUT2D eigenvalue weighted by Crippen LogP contribution is -2.36. The van der Waals surface area contributed by atoms with Crippen molar-refractivity contribution < 1.29 is 13.6 Å². The molecule has 0 aliphatic carbocycles. The van der Waals surface area contributed by atoms with Crippen LogP contribution in [0.5, 0.6) is 0 Å². The van der Waals surface area contributed by atoms with E-state index in [-0.39, 0.29) is 12.4 Å². The van der Waals surface area contributed by atoms with Crippen molar-refractivity contribution >= 4 is 11.7 Å². The lowest BCUT2D eigenvalue weighted by Gasteiger charge is -2.22. The van der Waals surface area contributed by atoms with E-state index in [2.05, 4.69) is 5.32 Å². The quantitative estimate of drug-likeness (QED) is 0.798. The molecule has 0 aromatic heterocycles. The molecule has 0 spiro atoms. The van der Waals surface area contributed by atoms with Gasteiger partial charge in [-0.2, -0.15) is 10.3 Å². The number of amides is 2. The minimum absolute atomic E-state index is 0.208. The van der Waals surface area contributed by atoms with E-state index in [1.165, 1.54) is 11.1 Å². The average molecular weight is 238 g/mol. The Morgan fingerprint density at radius 1 is 1.41 bits per heavy atom. The molecule has 0 saturated carbocycles. The summed E-state index contributed by atoms with van der Waals surface area (Å²) in [6.07, 6.45) is 0. The third kappa shape index (κ3) is 1.79. The Morgan fingerprint density at radius 2 is 2.12 bits per heavy atom. The summed E-state index contributed by atoms with van der Waals surface area (Å²) in [4.78, 5) is 11.4. The standard InChI is InChI=1S/C10H8F2N4O/c1-15-5-14-10(17)16(15)9-3-7(11)6(4-13)2-8(9)12/h2-3H,5H2,1H3,(H,14,17). The van der Waals surface area contributed by atoms with Crippen LogP contribution >= 0.6 is 0 Å². The van der Waals surface area contributed by atoms with E-state index in [1.54, 1.807) is 7.05 Å². The second-order valence-electron chi connectivity index (χ2n) is 3.50. The maximum absolute atomic E-state index is 13.6. The van der Waals surface area contributed by atoms with Gasteiger partial charge >= 0.3 is 6.03 Å². The Bertz CT molecular complexity index is 526. The number of nitriles is 1. The predicted molar refractivity (Wildman–Crippen MR) is 54.7 cm³/mol. The highest BCUT2D eigenvalue weighted by molar-refractivity contribution is 5.92. The highest BCUT2D eigenvalue weighted by Crippen LogP contribution is 2.25. The van der Waals surface area contributed by atoms with Gasteiger partial charge in [0, 0.05) is 13.1 Å². The number of hydrogen-bond donors (Lipinski definition) is 1. The average Bonchev–Trinajstić information content (AvgIpc) is 2.62. The SMILES string of the molecule is CN1CNC(=O)N1c1cc(F)c(C#N)cc1F. The molecule has 2 amide bonds. The Kier molecular flexibility index (Phi) is 2.65. The molecule has 0 bridgehead atoms. The molecule has 1 N–H and O–H groups in total. The second-order valence-corrected chi connectivity index (χ2v) is 3.50. The molecule has 1 saturated heterocycles. The van der Waals surface area contributed by atoms with Crippen LogP contribution in [0, 0.1) is 23.0 Å². The van der Waals surface area contributed by atoms with Crippen molar-refractivity contribution in [2.75, 3.05) is 18.7 Å². The predicted octanol–water partition coefficient (Wildman–Crippen LogP) is 1.17. The summed E-state index contributed by atoms with van der Waals surface area (Å²) in [6.45, 7) is 0.208. The van der Waals surface area contributed by atoms with Gasteiger partial charge in [-0.05, 0) is 6.07 Å². The van der Waals surface area contributed by atoms with E-state index in [0.717, 1.165) is 17.1 Å². The van der Waals surface area contributed by atoms with E-state index >= 15 is 0 Å². The normalized spacial score (nSPS) is 15.9. The molecule has 17 heavy (non-hydrogen) atoms. The van der Waals surface area contributed by atoms with Crippen molar-refractivity contribution in [1.29, 1.82) is 5.26 Å². The summed E-state index contributed by atoms with van der Waals surface area (Å²) in [5.74, 6) is -1.69. The fourth-order valence-corrected chi connectivity index (χ4v) is 1.56. The smallest absolute Gasteiger partial charge is 0.322 e. The van der Waals surface area contributed by atoms with Gasteiger partial charge < -0.3 is 5.32 Å². The zero-order valence-corrected chi connectivity index (χ0v) is 8.87. The number of nitrogens with zero attached hydrogens (tertiary/aromatic N) is 3. The summed E-state index contributed by atoms with van der Waals surface area (Å²) < 4.78 is 27.0. The number of anilines is 1. The summed E-state index contributed by atoms with van der Waals surface area (Å²) >= 11 is 0. The van der Waals surface area contributed by atoms with Crippen LogP contribution < -0.4 is 10.3 Å². The van der Waals surface area contributed by atoms with Gasteiger partial charge in [0.15, 0.2) is 0 Å². The van der Waals surface area contributed by atoms with Gasteiger partial charge in [-0.3, -0.25) is 0 Å². The molecule has 1 aliphatic heterocycles. The molecular weight excluding hydrogens is 230 g/mol. The van der Waals surface area contributed by atoms with Gasteiger partial charge in [-0.25, -0.2) is 18.6 Å². The summed E-state index contributed by atoms with van der Waals surface area (Å²) in [7, 11) is 1.55. The fourth-order valence-electron chi connectivity index (χ4n) is 1.56. The number of halogens is 2. The van der Waals surface area contributed by atoms with Crippen LogP contribution in [0.4, 0.5) is 19.3 Å². The molecule has 0 radical (unpaired) electrons. The molecule has 1 aromatic rings. The van der Waals surface area contributed by atoms with E-state index in [4.69, 9.17) is 5.26 Å². The Balaban J connectivity index is 2.50. The van der Waals surface area contributed by atoms with E-state index in [0.29, 0.717) is 0 Å². The molecule has 1 fully saturated rings. The number of benzene rings is 1. The molecule has 0 unspecified atom stereocenters. The van der Waals surface area contributed by atoms with Gasteiger partial charge in [0.05, 0.1) is 12.2 Å². The lowest BCUT2D eigenvalue weighted by atomic mass is 10.2. The summed E-state index contributed by atoms with van der Waals surface area (Å²) in [5.41, 5.74) is -0.618. The zero-order valence-electron chi connectivity index (χ0n) is 8.87. The third-order valence-corrected chi connectivity index (χ3v) is 2.38. The van der Waals surface area contributed by atoms with Gasteiger partial charge in [-0.1, -0.05) is 0 Å². The van der Waals surface area contributed by atoms with Crippen LogP contribution in [-0.4, -0.2) is 24.8 Å².